The number of benzene rings is 2. The van der Waals surface area contributed by atoms with Crippen molar-refractivity contribution >= 4 is 5.91 Å². The van der Waals surface area contributed by atoms with E-state index in [1.807, 2.05) is 66.2 Å². The minimum absolute atomic E-state index is 0.180. The van der Waals surface area contributed by atoms with Crippen LogP contribution in [0.1, 0.15) is 29.0 Å². The normalized spacial score (nSPS) is 11.9. The molecule has 4 rings (SSSR count). The summed E-state index contributed by atoms with van der Waals surface area (Å²) in [6.07, 6.45) is 3.24. The Kier molecular flexibility index (Phi) is 4.53. The first-order chi connectivity index (χ1) is 13.2. The summed E-state index contributed by atoms with van der Waals surface area (Å²) in [5, 5.41) is 11.2. The van der Waals surface area contributed by atoms with E-state index >= 15 is 0 Å². The van der Waals surface area contributed by atoms with E-state index in [4.69, 9.17) is 4.52 Å². The van der Waals surface area contributed by atoms with Crippen molar-refractivity contribution in [3.63, 3.8) is 0 Å². The van der Waals surface area contributed by atoms with Gasteiger partial charge in [-0.05, 0) is 31.2 Å². The number of carbonyl (C=O) groups is 1. The molecule has 0 fully saturated rings. The summed E-state index contributed by atoms with van der Waals surface area (Å²) in [6, 6.07) is 20.8. The maximum absolute atomic E-state index is 12.6. The lowest BCUT2D eigenvalue weighted by Gasteiger charge is -2.12. The van der Waals surface area contributed by atoms with E-state index in [2.05, 4.69) is 15.6 Å². The Morgan fingerprint density at radius 1 is 1.07 bits per heavy atom. The van der Waals surface area contributed by atoms with Gasteiger partial charge in [0.15, 0.2) is 0 Å². The molecule has 0 aliphatic rings. The molecule has 0 bridgehead atoms. The molecule has 27 heavy (non-hydrogen) atoms. The molecule has 0 unspecified atom stereocenters. The molecule has 1 N–H and O–H groups in total. The molecule has 2 aromatic heterocycles. The average molecular weight is 358 g/mol. The summed E-state index contributed by atoms with van der Waals surface area (Å²) in [4.78, 5) is 12.6. The van der Waals surface area contributed by atoms with Gasteiger partial charge in [-0.15, -0.1) is 0 Å². The minimum atomic E-state index is -0.246. The van der Waals surface area contributed by atoms with Crippen LogP contribution in [0.25, 0.3) is 16.9 Å². The molecule has 0 radical (unpaired) electrons. The number of carbonyl (C=O) groups excluding carboxylic acids is 1. The molecule has 6 nitrogen and oxygen atoms in total. The lowest BCUT2D eigenvalue weighted by atomic mass is 10.1. The van der Waals surface area contributed by atoms with Crippen LogP contribution in [0.15, 0.2) is 83.7 Å². The minimum Gasteiger partial charge on any atom is -0.364 e. The van der Waals surface area contributed by atoms with Gasteiger partial charge in [0.2, 0.25) is 0 Å². The van der Waals surface area contributed by atoms with Gasteiger partial charge in [0.25, 0.3) is 5.91 Å². The van der Waals surface area contributed by atoms with Crippen LogP contribution in [-0.2, 0) is 0 Å². The summed E-state index contributed by atoms with van der Waals surface area (Å²) in [7, 11) is 0. The zero-order valence-electron chi connectivity index (χ0n) is 14.7. The van der Waals surface area contributed by atoms with E-state index in [1.54, 1.807) is 18.3 Å². The van der Waals surface area contributed by atoms with Crippen LogP contribution in [-0.4, -0.2) is 20.8 Å². The molecule has 2 aromatic carbocycles. The molecular formula is C21H18N4O2. The van der Waals surface area contributed by atoms with Crippen LogP contribution < -0.4 is 5.32 Å². The smallest absolute Gasteiger partial charge is 0.251 e. The Bertz CT molecular complexity index is 1040. The highest BCUT2D eigenvalue weighted by molar-refractivity contribution is 5.95. The first-order valence-electron chi connectivity index (χ1n) is 8.63. The molecule has 0 aliphatic carbocycles. The number of nitrogens with one attached hydrogen (secondary N) is 1. The third-order valence-corrected chi connectivity index (χ3v) is 4.31. The van der Waals surface area contributed by atoms with Crippen LogP contribution in [0.3, 0.4) is 0 Å². The Hall–Kier alpha value is -3.67. The van der Waals surface area contributed by atoms with Gasteiger partial charge < -0.3 is 9.84 Å². The van der Waals surface area contributed by atoms with Gasteiger partial charge in [-0.3, -0.25) is 4.79 Å². The molecule has 0 saturated heterocycles. The first kappa shape index (κ1) is 16.8. The first-order valence-corrected chi connectivity index (χ1v) is 8.63. The SMILES string of the molecule is C[C@@H](NC(=O)c1cccc(-n2nccc2-c2ccccc2)c1)c1ccon1. The monoisotopic (exact) mass is 358 g/mol. The Labute approximate surface area is 156 Å². The fourth-order valence-corrected chi connectivity index (χ4v) is 2.91. The maximum Gasteiger partial charge on any atom is 0.251 e. The van der Waals surface area contributed by atoms with Gasteiger partial charge in [-0.25, -0.2) is 4.68 Å². The van der Waals surface area contributed by atoms with Crippen molar-refractivity contribution in [2.24, 2.45) is 0 Å². The summed E-state index contributed by atoms with van der Waals surface area (Å²) in [5.74, 6) is -0.180. The third kappa shape index (κ3) is 3.50. The predicted molar refractivity (Wildman–Crippen MR) is 101 cm³/mol. The van der Waals surface area contributed by atoms with E-state index in [9.17, 15) is 4.79 Å². The average Bonchev–Trinajstić information content (AvgIpc) is 3.41. The van der Waals surface area contributed by atoms with E-state index in [-0.39, 0.29) is 11.9 Å². The molecule has 1 amide bonds. The molecule has 6 heteroatoms. The van der Waals surface area contributed by atoms with Gasteiger partial charge in [-0.1, -0.05) is 41.6 Å². The quantitative estimate of drug-likeness (QED) is 0.585. The molecular weight excluding hydrogens is 340 g/mol. The molecule has 0 saturated carbocycles. The van der Waals surface area contributed by atoms with E-state index in [0.717, 1.165) is 16.9 Å². The number of aromatic nitrogens is 3. The summed E-state index contributed by atoms with van der Waals surface area (Å²) in [6.45, 7) is 1.86. The summed E-state index contributed by atoms with van der Waals surface area (Å²) < 4.78 is 6.66. The summed E-state index contributed by atoms with van der Waals surface area (Å²) >= 11 is 0. The topological polar surface area (TPSA) is 73.0 Å². The van der Waals surface area contributed by atoms with Crippen LogP contribution in [0.5, 0.6) is 0 Å². The summed E-state index contributed by atoms with van der Waals surface area (Å²) in [5.41, 5.74) is 4.07. The van der Waals surface area contributed by atoms with Gasteiger partial charge in [0.05, 0.1) is 23.6 Å². The highest BCUT2D eigenvalue weighted by Crippen LogP contribution is 2.22. The van der Waals surface area contributed by atoms with Crippen molar-refractivity contribution in [3.8, 4) is 16.9 Å². The fourth-order valence-electron chi connectivity index (χ4n) is 2.91. The number of hydrogen-bond donors (Lipinski definition) is 1. The zero-order chi connectivity index (χ0) is 18.6. The van der Waals surface area contributed by atoms with Gasteiger partial charge in [-0.2, -0.15) is 5.10 Å². The Balaban J connectivity index is 1.60. The Morgan fingerprint density at radius 2 is 1.93 bits per heavy atom. The second-order valence-electron chi connectivity index (χ2n) is 6.16. The van der Waals surface area contributed by atoms with Crippen molar-refractivity contribution in [3.05, 3.63) is 90.4 Å². The van der Waals surface area contributed by atoms with Crippen molar-refractivity contribution in [1.82, 2.24) is 20.3 Å². The second kappa shape index (κ2) is 7.29. The largest absolute Gasteiger partial charge is 0.364 e. The zero-order valence-corrected chi connectivity index (χ0v) is 14.7. The molecule has 0 aliphatic heterocycles. The lowest BCUT2D eigenvalue weighted by molar-refractivity contribution is 0.0938. The molecule has 4 aromatic rings. The highest BCUT2D eigenvalue weighted by atomic mass is 16.5. The van der Waals surface area contributed by atoms with Crippen LogP contribution in [0, 0.1) is 0 Å². The van der Waals surface area contributed by atoms with E-state index in [0.29, 0.717) is 11.3 Å². The van der Waals surface area contributed by atoms with E-state index < -0.39 is 0 Å². The third-order valence-electron chi connectivity index (χ3n) is 4.31. The van der Waals surface area contributed by atoms with Crippen molar-refractivity contribution in [2.45, 2.75) is 13.0 Å². The molecule has 0 spiro atoms. The highest BCUT2D eigenvalue weighted by Gasteiger charge is 2.15. The van der Waals surface area contributed by atoms with Gasteiger partial charge in [0.1, 0.15) is 12.0 Å². The van der Waals surface area contributed by atoms with Crippen molar-refractivity contribution in [1.29, 1.82) is 0 Å². The van der Waals surface area contributed by atoms with Gasteiger partial charge >= 0.3 is 0 Å². The standard InChI is InChI=1S/C21H18N4O2/c1-15(19-11-13-27-24-19)23-21(26)17-8-5-9-18(14-17)25-20(10-12-22-25)16-6-3-2-4-7-16/h2-15H,1H3,(H,23,26)/t15-/m1/s1. The number of amides is 1. The molecule has 134 valence electrons. The van der Waals surface area contributed by atoms with Crippen LogP contribution >= 0.6 is 0 Å². The number of hydrogen-bond acceptors (Lipinski definition) is 4. The second-order valence-corrected chi connectivity index (χ2v) is 6.16. The van der Waals surface area contributed by atoms with Crippen molar-refractivity contribution in [2.75, 3.05) is 0 Å². The number of rotatable bonds is 5. The Morgan fingerprint density at radius 3 is 2.70 bits per heavy atom. The van der Waals surface area contributed by atoms with Crippen LogP contribution in [0.2, 0.25) is 0 Å². The molecule has 1 atom stereocenters. The predicted octanol–water partition coefficient (Wildman–Crippen LogP) is 4.02. The lowest BCUT2D eigenvalue weighted by Crippen LogP contribution is -2.26. The van der Waals surface area contributed by atoms with E-state index in [1.165, 1.54) is 6.26 Å². The number of nitrogens with zero attached hydrogens (tertiary/aromatic N) is 3. The van der Waals surface area contributed by atoms with Crippen LogP contribution in [0.4, 0.5) is 0 Å². The van der Waals surface area contributed by atoms with Gasteiger partial charge in [0, 0.05) is 17.2 Å². The molecule has 2 heterocycles. The fraction of sp³-hybridized carbons (Fsp3) is 0.0952. The van der Waals surface area contributed by atoms with Crippen molar-refractivity contribution < 1.29 is 9.32 Å². The maximum atomic E-state index is 12.6.